The lowest BCUT2D eigenvalue weighted by atomic mass is 10.1. The van der Waals surface area contributed by atoms with Crippen LogP contribution in [0.5, 0.6) is 0 Å². The van der Waals surface area contributed by atoms with Crippen LogP contribution in [-0.4, -0.2) is 39.2 Å². The highest BCUT2D eigenvalue weighted by atomic mass is 79.9. The van der Waals surface area contributed by atoms with E-state index in [2.05, 4.69) is 26.0 Å². The normalized spacial score (nSPS) is 11.1. The maximum atomic E-state index is 11.6. The highest BCUT2D eigenvalue weighted by Gasteiger charge is 2.08. The Balaban J connectivity index is 2.52. The molecule has 0 aliphatic heterocycles. The fraction of sp³-hybridized carbons (Fsp3) is 0.417. The zero-order valence-corrected chi connectivity index (χ0v) is 13.5. The second kappa shape index (κ2) is 8.23. The Hall–Kier alpha value is -1.12. The largest absolute Gasteiger partial charge is 0.383 e. The summed E-state index contributed by atoms with van der Waals surface area (Å²) in [5, 5.41) is 2.71. The van der Waals surface area contributed by atoms with Crippen LogP contribution in [0.2, 0.25) is 0 Å². The number of carbonyl (C=O) groups excluding carboxylic acids is 1. The van der Waals surface area contributed by atoms with Crippen LogP contribution in [0, 0.1) is 0 Å². The van der Waals surface area contributed by atoms with Gasteiger partial charge in [-0.3, -0.25) is 9.52 Å². The molecule has 8 heteroatoms. The summed E-state index contributed by atoms with van der Waals surface area (Å²) in [5.74, 6) is -0.101. The maximum absolute atomic E-state index is 11.6. The van der Waals surface area contributed by atoms with Gasteiger partial charge in [-0.05, 0) is 17.7 Å². The van der Waals surface area contributed by atoms with Gasteiger partial charge in [0.1, 0.15) is 4.66 Å². The molecule has 0 unspecified atom stereocenters. The van der Waals surface area contributed by atoms with E-state index in [0.717, 1.165) is 5.56 Å². The van der Waals surface area contributed by atoms with Gasteiger partial charge in [0.15, 0.2) is 0 Å². The van der Waals surface area contributed by atoms with Crippen molar-refractivity contribution in [1.29, 1.82) is 0 Å². The van der Waals surface area contributed by atoms with Gasteiger partial charge in [0.25, 0.3) is 0 Å². The Morgan fingerprint density at radius 3 is 2.50 bits per heavy atom. The predicted octanol–water partition coefficient (Wildman–Crippen LogP) is 1.09. The molecule has 0 heterocycles. The van der Waals surface area contributed by atoms with Crippen molar-refractivity contribution in [2.75, 3.05) is 29.6 Å². The molecule has 0 aliphatic rings. The van der Waals surface area contributed by atoms with Crippen LogP contribution in [-0.2, 0) is 26.0 Å². The first-order valence-electron chi connectivity index (χ1n) is 5.88. The van der Waals surface area contributed by atoms with Gasteiger partial charge in [-0.2, -0.15) is 0 Å². The zero-order chi connectivity index (χ0) is 15.0. The molecule has 1 aromatic rings. The van der Waals surface area contributed by atoms with Crippen LogP contribution < -0.4 is 10.0 Å². The molecule has 1 aromatic carbocycles. The molecule has 0 atom stereocenters. The van der Waals surface area contributed by atoms with Crippen molar-refractivity contribution in [1.82, 2.24) is 5.32 Å². The third kappa shape index (κ3) is 6.36. The van der Waals surface area contributed by atoms with E-state index >= 15 is 0 Å². The SMILES string of the molecule is COCCNC(=O)Cc1ccc(NS(=O)(=O)CBr)cc1. The molecule has 0 aromatic heterocycles. The predicted molar refractivity (Wildman–Crippen MR) is 81.4 cm³/mol. The summed E-state index contributed by atoms with van der Waals surface area (Å²) in [6, 6.07) is 6.67. The molecule has 0 radical (unpaired) electrons. The minimum atomic E-state index is -3.35. The first kappa shape index (κ1) is 16.9. The summed E-state index contributed by atoms with van der Waals surface area (Å²) in [7, 11) is -1.78. The average Bonchev–Trinajstić information content (AvgIpc) is 2.41. The quantitative estimate of drug-likeness (QED) is 0.534. The van der Waals surface area contributed by atoms with Crippen molar-refractivity contribution in [2.45, 2.75) is 6.42 Å². The lowest BCUT2D eigenvalue weighted by Crippen LogP contribution is -2.28. The van der Waals surface area contributed by atoms with E-state index in [0.29, 0.717) is 18.8 Å². The van der Waals surface area contributed by atoms with Gasteiger partial charge in [0, 0.05) is 19.3 Å². The van der Waals surface area contributed by atoms with Gasteiger partial charge in [0.2, 0.25) is 15.9 Å². The van der Waals surface area contributed by atoms with Crippen molar-refractivity contribution >= 4 is 37.5 Å². The number of benzene rings is 1. The highest BCUT2D eigenvalue weighted by molar-refractivity contribution is 9.10. The molecule has 0 saturated heterocycles. The number of sulfonamides is 1. The molecule has 6 nitrogen and oxygen atoms in total. The third-order valence-corrected chi connectivity index (χ3v) is 5.01. The van der Waals surface area contributed by atoms with Gasteiger partial charge in [0.05, 0.1) is 13.0 Å². The van der Waals surface area contributed by atoms with Gasteiger partial charge >= 0.3 is 0 Å². The van der Waals surface area contributed by atoms with E-state index in [1.165, 1.54) is 0 Å². The summed E-state index contributed by atoms with van der Waals surface area (Å²) in [6.07, 6.45) is 0.245. The Kier molecular flexibility index (Phi) is 6.97. The minimum Gasteiger partial charge on any atom is -0.383 e. The van der Waals surface area contributed by atoms with E-state index in [-0.39, 0.29) is 17.0 Å². The summed E-state index contributed by atoms with van der Waals surface area (Å²) in [4.78, 5) is 11.6. The number of halogens is 1. The molecule has 0 fully saturated rings. The van der Waals surface area contributed by atoms with Crippen molar-refractivity contribution in [2.24, 2.45) is 0 Å². The summed E-state index contributed by atoms with van der Waals surface area (Å²) < 4.78 is 29.8. The van der Waals surface area contributed by atoms with Crippen molar-refractivity contribution < 1.29 is 17.9 Å². The Morgan fingerprint density at radius 2 is 1.95 bits per heavy atom. The van der Waals surface area contributed by atoms with Crippen LogP contribution in [0.1, 0.15) is 5.56 Å². The third-order valence-electron chi connectivity index (χ3n) is 2.36. The number of carbonyl (C=O) groups is 1. The first-order chi connectivity index (χ1) is 9.46. The van der Waals surface area contributed by atoms with Crippen LogP contribution in [0.3, 0.4) is 0 Å². The summed E-state index contributed by atoms with van der Waals surface area (Å²) in [6.45, 7) is 0.942. The monoisotopic (exact) mass is 364 g/mol. The Labute approximate surface area is 127 Å². The maximum Gasteiger partial charge on any atom is 0.242 e. The number of rotatable bonds is 8. The first-order valence-corrected chi connectivity index (χ1v) is 8.65. The molecule has 0 aliphatic carbocycles. The zero-order valence-electron chi connectivity index (χ0n) is 11.1. The van der Waals surface area contributed by atoms with E-state index in [4.69, 9.17) is 4.74 Å². The molecule has 20 heavy (non-hydrogen) atoms. The molecule has 0 bridgehead atoms. The number of ether oxygens (including phenoxy) is 1. The fourth-order valence-corrected chi connectivity index (χ4v) is 2.33. The fourth-order valence-electron chi connectivity index (χ4n) is 1.44. The van der Waals surface area contributed by atoms with Crippen LogP contribution >= 0.6 is 15.9 Å². The number of nitrogens with one attached hydrogen (secondary N) is 2. The number of hydrogen-bond acceptors (Lipinski definition) is 4. The second-order valence-corrected chi connectivity index (χ2v) is 7.07. The molecule has 1 rings (SSSR count). The van der Waals surface area contributed by atoms with Gasteiger partial charge in [-0.25, -0.2) is 8.42 Å². The van der Waals surface area contributed by atoms with Crippen molar-refractivity contribution in [3.63, 3.8) is 0 Å². The van der Waals surface area contributed by atoms with E-state index in [1.807, 2.05) is 0 Å². The summed E-state index contributed by atoms with van der Waals surface area (Å²) in [5.41, 5.74) is 1.27. The van der Waals surface area contributed by atoms with Crippen LogP contribution in [0.25, 0.3) is 0 Å². The Morgan fingerprint density at radius 1 is 1.30 bits per heavy atom. The molecule has 2 N–H and O–H groups in total. The smallest absolute Gasteiger partial charge is 0.242 e. The standard InChI is InChI=1S/C12H17BrN2O4S/c1-19-7-6-14-12(16)8-10-2-4-11(5-3-10)15-20(17,18)9-13/h2-5,15H,6-9H2,1H3,(H,14,16). The number of hydrogen-bond donors (Lipinski definition) is 2. The lowest BCUT2D eigenvalue weighted by molar-refractivity contribution is -0.120. The lowest BCUT2D eigenvalue weighted by Gasteiger charge is -2.07. The molecule has 1 amide bonds. The van der Waals surface area contributed by atoms with Gasteiger partial charge < -0.3 is 10.1 Å². The topological polar surface area (TPSA) is 84.5 Å². The number of alkyl halides is 1. The molecular weight excluding hydrogens is 348 g/mol. The number of anilines is 1. The second-order valence-electron chi connectivity index (χ2n) is 4.04. The van der Waals surface area contributed by atoms with E-state index < -0.39 is 10.0 Å². The van der Waals surface area contributed by atoms with E-state index in [1.54, 1.807) is 31.4 Å². The van der Waals surface area contributed by atoms with Crippen molar-refractivity contribution in [3.05, 3.63) is 29.8 Å². The minimum absolute atomic E-state index is 0.101. The van der Waals surface area contributed by atoms with Gasteiger partial charge in [-0.1, -0.05) is 28.1 Å². The van der Waals surface area contributed by atoms with Crippen molar-refractivity contribution in [3.8, 4) is 0 Å². The number of amides is 1. The molecule has 0 saturated carbocycles. The Bertz CT molecular complexity index is 531. The molecule has 0 spiro atoms. The summed E-state index contributed by atoms with van der Waals surface area (Å²) >= 11 is 2.89. The molecular formula is C12H17BrN2O4S. The van der Waals surface area contributed by atoms with Gasteiger partial charge in [-0.15, -0.1) is 0 Å². The highest BCUT2D eigenvalue weighted by Crippen LogP contribution is 2.12. The van der Waals surface area contributed by atoms with Crippen LogP contribution in [0.15, 0.2) is 24.3 Å². The average molecular weight is 365 g/mol. The number of methoxy groups -OCH3 is 1. The van der Waals surface area contributed by atoms with E-state index in [9.17, 15) is 13.2 Å². The molecule has 112 valence electrons. The van der Waals surface area contributed by atoms with Crippen LogP contribution in [0.4, 0.5) is 5.69 Å².